The fourth-order valence-corrected chi connectivity index (χ4v) is 4.63. The molecule has 2 N–H and O–H groups in total. The zero-order valence-electron chi connectivity index (χ0n) is 18.0. The average Bonchev–Trinajstić information content (AvgIpc) is 3.13. The Bertz CT molecular complexity index is 1020. The molecule has 0 radical (unpaired) electrons. The molecule has 2 heterocycles. The van der Waals surface area contributed by atoms with Gasteiger partial charge in [0.05, 0.1) is 11.0 Å². The summed E-state index contributed by atoms with van der Waals surface area (Å²) in [6.07, 6.45) is 6.56. The molecule has 168 valence electrons. The van der Waals surface area contributed by atoms with E-state index in [1.165, 1.54) is 23.9 Å². The van der Waals surface area contributed by atoms with Crippen molar-refractivity contribution in [1.82, 2.24) is 14.2 Å². The molecule has 1 aliphatic rings. The Morgan fingerprint density at radius 1 is 1.39 bits per heavy atom. The van der Waals surface area contributed by atoms with Crippen molar-refractivity contribution in [2.24, 2.45) is 0 Å². The lowest BCUT2D eigenvalue weighted by Crippen LogP contribution is -2.38. The summed E-state index contributed by atoms with van der Waals surface area (Å²) >= 11 is 0. The zero-order chi connectivity index (χ0) is 22.4. The topological polar surface area (TPSA) is 79.6 Å². The second-order valence-electron chi connectivity index (χ2n) is 7.49. The Hall–Kier alpha value is -2.25. The molecule has 1 fully saturated rings. The molecule has 3 rings (SSSR count). The molecule has 0 amide bonds. The van der Waals surface area contributed by atoms with E-state index in [1.807, 2.05) is 31.2 Å². The first kappa shape index (κ1) is 23.4. The van der Waals surface area contributed by atoms with Gasteiger partial charge in [-0.2, -0.15) is 0 Å². The fourth-order valence-electron chi connectivity index (χ4n) is 3.66. The molecule has 1 aromatic carbocycles. The van der Waals surface area contributed by atoms with Gasteiger partial charge in [0.15, 0.2) is 0 Å². The van der Waals surface area contributed by atoms with Crippen molar-refractivity contribution in [2.75, 3.05) is 25.5 Å². The lowest BCUT2D eigenvalue weighted by atomic mass is 10.1. The first-order chi connectivity index (χ1) is 14.9. The summed E-state index contributed by atoms with van der Waals surface area (Å²) in [5.74, 6) is 0.370. The van der Waals surface area contributed by atoms with Crippen molar-refractivity contribution >= 4 is 24.7 Å². The van der Waals surface area contributed by atoms with Crippen LogP contribution in [0.1, 0.15) is 26.2 Å². The minimum absolute atomic E-state index is 0.121. The molecule has 0 bridgehead atoms. The van der Waals surface area contributed by atoms with Crippen LogP contribution in [0.5, 0.6) is 0 Å². The molecule has 1 aromatic heterocycles. The highest BCUT2D eigenvalue weighted by Crippen LogP contribution is 2.46. The second-order valence-corrected chi connectivity index (χ2v) is 9.40. The molecule has 0 spiro atoms. The molecular weight excluding hydrogens is 418 g/mol. The third kappa shape index (κ3) is 5.71. The normalized spacial score (nSPS) is 18.8. The van der Waals surface area contributed by atoms with Crippen LogP contribution in [0.2, 0.25) is 0 Å². The number of aromatic nitrogens is 2. The molecule has 1 aliphatic heterocycles. The lowest BCUT2D eigenvalue weighted by Gasteiger charge is -2.33. The smallest absolute Gasteiger partial charge is 0.353 e. The van der Waals surface area contributed by atoms with Crippen molar-refractivity contribution in [3.8, 4) is 0 Å². The van der Waals surface area contributed by atoms with Gasteiger partial charge >= 0.3 is 7.75 Å². The van der Waals surface area contributed by atoms with Gasteiger partial charge in [-0.3, -0.25) is 0 Å². The van der Waals surface area contributed by atoms with Crippen LogP contribution in [0.15, 0.2) is 60.5 Å². The molecule has 2 aromatic rings. The monoisotopic (exact) mass is 448 g/mol. The summed E-state index contributed by atoms with van der Waals surface area (Å²) in [5.41, 5.74) is 2.93. The van der Waals surface area contributed by atoms with Crippen molar-refractivity contribution in [3.05, 3.63) is 60.5 Å². The molecule has 31 heavy (non-hydrogen) atoms. The number of benzene rings is 1. The Morgan fingerprint density at radius 3 is 2.74 bits per heavy atom. The number of allylic oxidation sites excluding steroid dienone is 5. The molecule has 1 atom stereocenters. The van der Waals surface area contributed by atoms with E-state index >= 15 is 0 Å². The molecule has 7 nitrogen and oxygen atoms in total. The summed E-state index contributed by atoms with van der Waals surface area (Å²) in [6.45, 7) is 6.99. The number of anilines is 1. The van der Waals surface area contributed by atoms with Crippen molar-refractivity contribution in [2.45, 2.75) is 38.8 Å². The van der Waals surface area contributed by atoms with E-state index in [2.05, 4.69) is 16.5 Å². The summed E-state index contributed by atoms with van der Waals surface area (Å²) in [6, 6.07) is 8.02. The highest BCUT2D eigenvalue weighted by atomic mass is 31.2. The minimum Gasteiger partial charge on any atom is -0.353 e. The van der Waals surface area contributed by atoms with E-state index in [9.17, 15) is 13.8 Å². The summed E-state index contributed by atoms with van der Waals surface area (Å²) < 4.78 is 33.9. The van der Waals surface area contributed by atoms with E-state index < -0.39 is 7.75 Å². The predicted molar refractivity (Wildman–Crippen MR) is 123 cm³/mol. The first-order valence-corrected chi connectivity index (χ1v) is 11.9. The molecular formula is C22H30FN4O3P. The molecule has 0 aliphatic carbocycles. The van der Waals surface area contributed by atoms with Crippen LogP contribution in [0, 0.1) is 0 Å². The Balaban J connectivity index is 1.82. The highest BCUT2D eigenvalue weighted by molar-refractivity contribution is 7.50. The number of nitrogens with zero attached hydrogens (tertiary/aromatic N) is 3. The predicted octanol–water partition coefficient (Wildman–Crippen LogP) is 5.04. The van der Waals surface area contributed by atoms with E-state index in [0.717, 1.165) is 29.0 Å². The number of nitrogens with one attached hydrogen (secondary N) is 1. The Labute approximate surface area is 182 Å². The van der Waals surface area contributed by atoms with Crippen LogP contribution in [0.4, 0.5) is 10.3 Å². The molecule has 1 saturated heterocycles. The number of para-hydroxylation sites is 2. The van der Waals surface area contributed by atoms with Gasteiger partial charge in [-0.25, -0.2) is 18.6 Å². The van der Waals surface area contributed by atoms with Gasteiger partial charge in [0, 0.05) is 32.8 Å². The standard InChI is InChI=1S/C22H30FN4O3P/c1-4-17(10-11-18(23)5-2)16-27-21-9-7-6-8-20(21)25-22(27)24-19-12-14-26(15-13-19)31(28,29)30-3/h5-11,19H,2,4,12-16H2,1,3H3,(H,24,25)(H,28,29)/b17-10+,18-11+. The van der Waals surface area contributed by atoms with Crippen molar-refractivity contribution in [3.63, 3.8) is 0 Å². The summed E-state index contributed by atoms with van der Waals surface area (Å²) in [5, 5.41) is 3.51. The summed E-state index contributed by atoms with van der Waals surface area (Å²) in [7, 11) is -2.45. The van der Waals surface area contributed by atoms with E-state index in [4.69, 9.17) is 9.51 Å². The van der Waals surface area contributed by atoms with Crippen molar-refractivity contribution in [1.29, 1.82) is 0 Å². The van der Waals surface area contributed by atoms with Gasteiger partial charge in [0.1, 0.15) is 5.83 Å². The van der Waals surface area contributed by atoms with Gasteiger partial charge in [0.25, 0.3) is 0 Å². The zero-order valence-corrected chi connectivity index (χ0v) is 18.9. The number of halogens is 1. The quantitative estimate of drug-likeness (QED) is 0.414. The maximum atomic E-state index is 13.5. The molecule has 0 saturated carbocycles. The number of piperidine rings is 1. The highest BCUT2D eigenvalue weighted by Gasteiger charge is 2.32. The Kier molecular flexibility index (Phi) is 7.84. The van der Waals surface area contributed by atoms with Crippen LogP contribution in [-0.2, 0) is 15.6 Å². The van der Waals surface area contributed by atoms with Crippen LogP contribution < -0.4 is 5.32 Å². The van der Waals surface area contributed by atoms with Crippen LogP contribution in [0.25, 0.3) is 11.0 Å². The third-order valence-corrected chi connectivity index (χ3v) is 7.13. The number of rotatable bonds is 9. The maximum Gasteiger partial charge on any atom is 0.405 e. The largest absolute Gasteiger partial charge is 0.405 e. The van der Waals surface area contributed by atoms with Crippen molar-refractivity contribution < 1.29 is 18.4 Å². The number of fused-ring (bicyclic) bond motifs is 1. The average molecular weight is 448 g/mol. The fraction of sp³-hybridized carbons (Fsp3) is 0.409. The van der Waals surface area contributed by atoms with E-state index in [0.29, 0.717) is 32.5 Å². The second kappa shape index (κ2) is 10.4. The van der Waals surface area contributed by atoms with Crippen LogP contribution in [0.3, 0.4) is 0 Å². The number of imidazole rings is 1. The Morgan fingerprint density at radius 2 is 2.10 bits per heavy atom. The van der Waals surface area contributed by atoms with E-state index in [-0.39, 0.29) is 11.9 Å². The first-order valence-electron chi connectivity index (χ1n) is 10.4. The third-order valence-electron chi connectivity index (χ3n) is 5.54. The molecule has 9 heteroatoms. The summed E-state index contributed by atoms with van der Waals surface area (Å²) in [4.78, 5) is 14.6. The van der Waals surface area contributed by atoms with Gasteiger partial charge in [-0.05, 0) is 43.5 Å². The van der Waals surface area contributed by atoms with E-state index in [1.54, 1.807) is 6.08 Å². The number of hydrogen-bond donors (Lipinski definition) is 2. The van der Waals surface area contributed by atoms with Crippen LogP contribution >= 0.6 is 7.75 Å². The van der Waals surface area contributed by atoms with Gasteiger partial charge in [-0.15, -0.1) is 0 Å². The van der Waals surface area contributed by atoms with Gasteiger partial charge in [-0.1, -0.05) is 37.3 Å². The minimum atomic E-state index is -3.70. The molecule has 1 unspecified atom stereocenters. The number of hydrogen-bond acceptors (Lipinski definition) is 4. The van der Waals surface area contributed by atoms with Crippen LogP contribution in [-0.4, -0.2) is 45.4 Å². The maximum absolute atomic E-state index is 13.5. The van der Waals surface area contributed by atoms with Gasteiger partial charge in [0.2, 0.25) is 5.95 Å². The lowest BCUT2D eigenvalue weighted by molar-refractivity contribution is 0.213. The van der Waals surface area contributed by atoms with Gasteiger partial charge < -0.3 is 19.3 Å². The SMILES string of the molecule is C=C/C(F)=C\C=C(/CC)Cn1c(NC2CCN(P(=O)(O)OC)CC2)nc2ccccc21.